The van der Waals surface area contributed by atoms with Gasteiger partial charge in [-0.05, 0) is 65.4 Å². The Balaban J connectivity index is 1.71. The Morgan fingerprint density at radius 1 is 1.00 bits per heavy atom. The molecular weight excluding hydrogens is 648 g/mol. The van der Waals surface area contributed by atoms with Gasteiger partial charge in [0.2, 0.25) is 5.91 Å². The monoisotopic (exact) mass is 680 g/mol. The summed E-state index contributed by atoms with van der Waals surface area (Å²) in [5.41, 5.74) is 3.71. The molecule has 214 valence electrons. The second-order valence-corrected chi connectivity index (χ2v) is 13.1. The molecule has 2 heterocycles. The van der Waals surface area contributed by atoms with E-state index in [2.05, 4.69) is 70.1 Å². The van der Waals surface area contributed by atoms with E-state index in [1.54, 1.807) is 9.80 Å². The van der Waals surface area contributed by atoms with Gasteiger partial charge in [-0.25, -0.2) is 4.79 Å². The molecule has 0 spiro atoms. The summed E-state index contributed by atoms with van der Waals surface area (Å²) in [4.78, 5) is 35.4. The van der Waals surface area contributed by atoms with Gasteiger partial charge >= 0.3 is 6.03 Å². The molecular formula is C32H34Br2N4O3. The van der Waals surface area contributed by atoms with Gasteiger partial charge in [0.05, 0.1) is 18.2 Å². The molecule has 2 aliphatic rings. The predicted molar refractivity (Wildman–Crippen MR) is 168 cm³/mol. The average Bonchev–Trinajstić information content (AvgIpc) is 3.33. The van der Waals surface area contributed by atoms with Crippen molar-refractivity contribution in [2.45, 2.75) is 45.2 Å². The number of hydrogen-bond acceptors (Lipinski definition) is 4. The molecule has 5 rings (SSSR count). The maximum absolute atomic E-state index is 14.4. The summed E-state index contributed by atoms with van der Waals surface area (Å²) in [5, 5.41) is 2.82. The zero-order valence-corrected chi connectivity index (χ0v) is 26.8. The lowest BCUT2D eigenvalue weighted by molar-refractivity contribution is -0.123. The summed E-state index contributed by atoms with van der Waals surface area (Å²) >= 11 is 7.10. The van der Waals surface area contributed by atoms with E-state index in [0.717, 1.165) is 31.2 Å². The minimum absolute atomic E-state index is 0.0000985. The number of benzene rings is 3. The van der Waals surface area contributed by atoms with Crippen LogP contribution in [-0.4, -0.2) is 53.8 Å². The number of ether oxygens (including phenoxy) is 1. The molecule has 1 N–H and O–H groups in total. The summed E-state index contributed by atoms with van der Waals surface area (Å²) in [7, 11) is 0. The van der Waals surface area contributed by atoms with E-state index in [9.17, 15) is 9.59 Å². The van der Waals surface area contributed by atoms with E-state index in [-0.39, 0.29) is 29.9 Å². The molecule has 1 fully saturated rings. The van der Waals surface area contributed by atoms with Crippen molar-refractivity contribution in [3.63, 3.8) is 0 Å². The molecule has 0 bridgehead atoms. The van der Waals surface area contributed by atoms with E-state index in [4.69, 9.17) is 9.73 Å². The van der Waals surface area contributed by atoms with Crippen LogP contribution in [0.4, 0.5) is 4.79 Å². The second-order valence-electron chi connectivity index (χ2n) is 11.3. The van der Waals surface area contributed by atoms with Crippen molar-refractivity contribution < 1.29 is 14.3 Å². The number of hydrogen-bond donors (Lipinski definition) is 1. The molecule has 0 aromatic heterocycles. The topological polar surface area (TPSA) is 74.2 Å². The van der Waals surface area contributed by atoms with Crippen molar-refractivity contribution in [2.75, 3.05) is 26.2 Å². The van der Waals surface area contributed by atoms with Crippen LogP contribution in [0.3, 0.4) is 0 Å². The second kappa shape index (κ2) is 12.0. The van der Waals surface area contributed by atoms with Gasteiger partial charge in [-0.2, -0.15) is 0 Å². The summed E-state index contributed by atoms with van der Waals surface area (Å²) in [5.74, 6) is 1.04. The SMILES string of the molecule is CCOc1cc(C(C)(C)C)ccc1C1=NC(c2ccc(Br)cc2)C(c2ccc(Br)cc2)N1C(=O)N1CCNC(=O)C1. The first-order chi connectivity index (χ1) is 19.6. The fraction of sp³-hybridized carbons (Fsp3) is 0.344. The number of carbonyl (C=O) groups is 2. The van der Waals surface area contributed by atoms with Gasteiger partial charge in [-0.1, -0.05) is 83.0 Å². The molecule has 0 saturated carbocycles. The van der Waals surface area contributed by atoms with E-state index < -0.39 is 6.04 Å². The van der Waals surface area contributed by atoms with Crippen LogP contribution in [0.5, 0.6) is 5.75 Å². The molecule has 2 unspecified atom stereocenters. The lowest BCUT2D eigenvalue weighted by Gasteiger charge is -2.36. The third kappa shape index (κ3) is 6.21. The smallest absolute Gasteiger partial charge is 0.326 e. The molecule has 1 saturated heterocycles. The molecule has 3 aromatic rings. The lowest BCUT2D eigenvalue weighted by Crippen LogP contribution is -2.55. The van der Waals surface area contributed by atoms with Crippen LogP contribution in [0, 0.1) is 0 Å². The number of carbonyl (C=O) groups excluding carboxylic acids is 2. The Bertz CT molecular complexity index is 1470. The highest BCUT2D eigenvalue weighted by Crippen LogP contribution is 2.46. The molecule has 3 aromatic carbocycles. The molecule has 9 heteroatoms. The largest absolute Gasteiger partial charge is 0.493 e. The third-order valence-electron chi connectivity index (χ3n) is 7.39. The summed E-state index contributed by atoms with van der Waals surface area (Å²) in [6, 6.07) is 21.1. The number of rotatable bonds is 5. The number of piperazine rings is 1. The summed E-state index contributed by atoms with van der Waals surface area (Å²) in [6.45, 7) is 9.74. The number of urea groups is 1. The van der Waals surface area contributed by atoms with E-state index >= 15 is 0 Å². The van der Waals surface area contributed by atoms with Crippen molar-refractivity contribution in [3.05, 3.63) is 97.9 Å². The first-order valence-corrected chi connectivity index (χ1v) is 15.4. The van der Waals surface area contributed by atoms with Gasteiger partial charge in [0.1, 0.15) is 24.2 Å². The van der Waals surface area contributed by atoms with E-state index in [0.29, 0.717) is 31.3 Å². The number of nitrogens with zero attached hydrogens (tertiary/aromatic N) is 3. The number of amidine groups is 1. The van der Waals surface area contributed by atoms with Crippen LogP contribution in [0.15, 0.2) is 80.7 Å². The molecule has 0 aliphatic carbocycles. The summed E-state index contributed by atoms with van der Waals surface area (Å²) < 4.78 is 8.09. The molecule has 0 radical (unpaired) electrons. The Labute approximate surface area is 258 Å². The highest BCUT2D eigenvalue weighted by molar-refractivity contribution is 9.10. The van der Waals surface area contributed by atoms with Crippen molar-refractivity contribution >= 4 is 49.6 Å². The maximum Gasteiger partial charge on any atom is 0.326 e. The van der Waals surface area contributed by atoms with Gasteiger partial charge in [0, 0.05) is 22.0 Å². The van der Waals surface area contributed by atoms with Gasteiger partial charge < -0.3 is 15.0 Å². The zero-order chi connectivity index (χ0) is 29.3. The lowest BCUT2D eigenvalue weighted by atomic mass is 9.86. The van der Waals surface area contributed by atoms with Gasteiger partial charge in [0.15, 0.2) is 0 Å². The van der Waals surface area contributed by atoms with Gasteiger partial charge in [-0.15, -0.1) is 0 Å². The highest BCUT2D eigenvalue weighted by atomic mass is 79.9. The Morgan fingerprint density at radius 3 is 2.22 bits per heavy atom. The highest BCUT2D eigenvalue weighted by Gasteiger charge is 2.45. The quantitative estimate of drug-likeness (QED) is 0.315. The number of halogens is 2. The average molecular weight is 682 g/mol. The van der Waals surface area contributed by atoms with Gasteiger partial charge in [0.25, 0.3) is 0 Å². The zero-order valence-electron chi connectivity index (χ0n) is 23.7. The van der Waals surface area contributed by atoms with Crippen molar-refractivity contribution in [3.8, 4) is 5.75 Å². The molecule has 41 heavy (non-hydrogen) atoms. The third-order valence-corrected chi connectivity index (χ3v) is 8.45. The predicted octanol–water partition coefficient (Wildman–Crippen LogP) is 7.00. The maximum atomic E-state index is 14.4. The van der Waals surface area contributed by atoms with E-state index in [1.165, 1.54) is 0 Å². The minimum Gasteiger partial charge on any atom is -0.493 e. The van der Waals surface area contributed by atoms with Crippen LogP contribution in [0.25, 0.3) is 0 Å². The van der Waals surface area contributed by atoms with Crippen LogP contribution in [-0.2, 0) is 10.2 Å². The Morgan fingerprint density at radius 2 is 1.63 bits per heavy atom. The Hall–Kier alpha value is -3.17. The van der Waals surface area contributed by atoms with E-state index in [1.807, 2.05) is 61.5 Å². The number of amides is 3. The molecule has 2 atom stereocenters. The van der Waals surface area contributed by atoms with Crippen molar-refractivity contribution in [1.82, 2.24) is 15.1 Å². The van der Waals surface area contributed by atoms with Crippen LogP contribution >= 0.6 is 31.9 Å². The van der Waals surface area contributed by atoms with Crippen LogP contribution in [0.2, 0.25) is 0 Å². The van der Waals surface area contributed by atoms with Crippen molar-refractivity contribution in [1.29, 1.82) is 0 Å². The van der Waals surface area contributed by atoms with Crippen LogP contribution in [0.1, 0.15) is 62.0 Å². The molecule has 3 amide bonds. The van der Waals surface area contributed by atoms with Gasteiger partial charge in [-0.3, -0.25) is 14.7 Å². The minimum atomic E-state index is -0.437. The fourth-order valence-electron chi connectivity index (χ4n) is 5.26. The Kier molecular flexibility index (Phi) is 8.57. The molecule has 2 aliphatic heterocycles. The first-order valence-electron chi connectivity index (χ1n) is 13.8. The summed E-state index contributed by atoms with van der Waals surface area (Å²) in [6.07, 6.45) is 0. The first kappa shape index (κ1) is 29.3. The van der Waals surface area contributed by atoms with Crippen molar-refractivity contribution in [2.24, 2.45) is 4.99 Å². The fourth-order valence-corrected chi connectivity index (χ4v) is 5.79. The number of aliphatic imine (C=N–C) groups is 1. The number of nitrogens with one attached hydrogen (secondary N) is 1. The standard InChI is InChI=1S/C32H34Br2N4O3/c1-5-41-26-18-22(32(2,3)4)10-15-25(26)30-36-28(20-6-11-23(33)12-7-20)29(21-8-13-24(34)14-9-21)38(30)31(40)37-17-16-35-27(39)19-37/h6-15,18,28-29H,5,16-17,19H2,1-4H3,(H,35,39). The molecule has 7 nitrogen and oxygen atoms in total. The normalized spacial score (nSPS) is 19.2. The van der Waals surface area contributed by atoms with Crippen LogP contribution < -0.4 is 10.1 Å².